The maximum atomic E-state index is 13.8. The van der Waals surface area contributed by atoms with Gasteiger partial charge in [0.1, 0.15) is 18.4 Å². The fraction of sp³-hybridized carbons (Fsp3) is 0.586. The molecule has 3 aliphatic rings. The molecule has 206 valence electrons. The van der Waals surface area contributed by atoms with Gasteiger partial charge in [0.2, 0.25) is 0 Å². The van der Waals surface area contributed by atoms with E-state index in [-0.39, 0.29) is 18.6 Å². The summed E-state index contributed by atoms with van der Waals surface area (Å²) in [5.74, 6) is 0.365. The van der Waals surface area contributed by atoms with E-state index in [1.807, 2.05) is 6.07 Å². The van der Waals surface area contributed by atoms with Crippen molar-refractivity contribution in [3.63, 3.8) is 0 Å². The van der Waals surface area contributed by atoms with Gasteiger partial charge in [-0.05, 0) is 60.9 Å². The number of hydrogen-bond acceptors (Lipinski definition) is 6. The zero-order valence-corrected chi connectivity index (χ0v) is 22.0. The molecule has 0 amide bonds. The number of hydrogen-bond donors (Lipinski definition) is 1. The Kier molecular flexibility index (Phi) is 8.07. The van der Waals surface area contributed by atoms with Gasteiger partial charge in [0.15, 0.2) is 6.29 Å². The van der Waals surface area contributed by atoms with Gasteiger partial charge < -0.3 is 14.7 Å². The van der Waals surface area contributed by atoms with Gasteiger partial charge in [-0.15, -0.1) is 0 Å². The Morgan fingerprint density at radius 3 is 2.55 bits per heavy atom. The molecule has 2 aliphatic heterocycles. The van der Waals surface area contributed by atoms with E-state index in [1.165, 1.54) is 6.07 Å². The number of benzene rings is 1. The Morgan fingerprint density at radius 2 is 1.89 bits per heavy atom. The van der Waals surface area contributed by atoms with Gasteiger partial charge in [-0.25, -0.2) is 0 Å². The minimum Gasteiger partial charge on any atom is -0.391 e. The molecule has 38 heavy (non-hydrogen) atoms. The van der Waals surface area contributed by atoms with E-state index in [4.69, 9.17) is 14.6 Å². The molecule has 3 heterocycles. The zero-order chi connectivity index (χ0) is 26.9. The number of oxime groups is 1. The molecule has 3 fully saturated rings. The van der Waals surface area contributed by atoms with E-state index in [0.717, 1.165) is 69.4 Å². The Hall–Kier alpha value is -2.49. The van der Waals surface area contributed by atoms with Crippen LogP contribution in [-0.2, 0) is 35.3 Å². The minimum absolute atomic E-state index is 0.00821. The molecule has 6 nitrogen and oxygen atoms in total. The highest BCUT2D eigenvalue weighted by Crippen LogP contribution is 2.41. The van der Waals surface area contributed by atoms with Crippen LogP contribution in [0.4, 0.5) is 13.2 Å². The third-order valence-electron chi connectivity index (χ3n) is 8.02. The van der Waals surface area contributed by atoms with Gasteiger partial charge in [0.05, 0.1) is 11.3 Å². The lowest BCUT2D eigenvalue weighted by Gasteiger charge is -2.38. The summed E-state index contributed by atoms with van der Waals surface area (Å²) in [7, 11) is 0. The summed E-state index contributed by atoms with van der Waals surface area (Å²) < 4.78 is 46.7. The van der Waals surface area contributed by atoms with Crippen LogP contribution in [0.25, 0.3) is 0 Å². The quantitative estimate of drug-likeness (QED) is 0.252. The fourth-order valence-electron chi connectivity index (χ4n) is 5.79. The van der Waals surface area contributed by atoms with Gasteiger partial charge in [-0.2, -0.15) is 13.2 Å². The van der Waals surface area contributed by atoms with Crippen molar-refractivity contribution < 1.29 is 27.9 Å². The standard InChI is InChI=1S/C29H36F3N3O3/c1-3-25-21(14-35-15-22(16-35)27-28(36)38-27)10-12-26(33-25)18(2)34-37-17-19-9-11-23(20-7-5-4-6-8-20)24(13-19)29(30,31)32/h9-13,20,22,27-28,36H,3-8,14-17H2,1-2H3/b34-18+. The average molecular weight is 532 g/mol. The molecule has 2 unspecified atom stereocenters. The monoisotopic (exact) mass is 531 g/mol. The molecule has 1 aromatic heterocycles. The first-order chi connectivity index (χ1) is 18.2. The van der Waals surface area contributed by atoms with E-state index in [9.17, 15) is 18.3 Å². The third kappa shape index (κ3) is 6.21. The second-order valence-corrected chi connectivity index (χ2v) is 10.8. The Balaban J connectivity index is 1.20. The lowest BCUT2D eigenvalue weighted by molar-refractivity contribution is -0.138. The van der Waals surface area contributed by atoms with Crippen molar-refractivity contribution in [2.45, 2.75) is 90.0 Å². The molecular formula is C29H36F3N3O3. The summed E-state index contributed by atoms with van der Waals surface area (Å²) in [6.45, 7) is 6.40. The number of alkyl halides is 3. The number of rotatable bonds is 9. The largest absolute Gasteiger partial charge is 0.416 e. The number of epoxide rings is 1. The van der Waals surface area contributed by atoms with Crippen LogP contribution in [-0.4, -0.2) is 46.2 Å². The van der Waals surface area contributed by atoms with E-state index < -0.39 is 18.0 Å². The van der Waals surface area contributed by atoms with Crippen LogP contribution in [0, 0.1) is 5.92 Å². The second kappa shape index (κ2) is 11.3. The molecule has 0 bridgehead atoms. The normalized spacial score (nSPS) is 23.4. The SMILES string of the molecule is CCc1nc(/C(C)=N/OCc2ccc(C3CCCCC3)c(C(F)(F)F)c2)ccc1CN1CC(C2OC2O)C1. The molecule has 2 atom stereocenters. The number of halogens is 3. The van der Waals surface area contributed by atoms with Crippen molar-refractivity contribution in [2.75, 3.05) is 13.1 Å². The van der Waals surface area contributed by atoms with E-state index >= 15 is 0 Å². The summed E-state index contributed by atoms with van der Waals surface area (Å²) in [4.78, 5) is 12.6. The van der Waals surface area contributed by atoms with E-state index in [1.54, 1.807) is 19.1 Å². The van der Waals surface area contributed by atoms with Crippen molar-refractivity contribution in [1.82, 2.24) is 9.88 Å². The van der Waals surface area contributed by atoms with E-state index in [0.29, 0.717) is 28.5 Å². The van der Waals surface area contributed by atoms with Crippen LogP contribution in [0.1, 0.15) is 85.5 Å². The van der Waals surface area contributed by atoms with Crippen LogP contribution in [0.3, 0.4) is 0 Å². The zero-order valence-electron chi connectivity index (χ0n) is 22.0. The highest BCUT2D eigenvalue weighted by atomic mass is 19.4. The number of ether oxygens (including phenoxy) is 1. The van der Waals surface area contributed by atoms with Gasteiger partial charge >= 0.3 is 6.18 Å². The molecule has 2 aromatic rings. The number of aryl methyl sites for hydroxylation is 1. The molecule has 9 heteroatoms. The van der Waals surface area contributed by atoms with E-state index in [2.05, 4.69) is 23.0 Å². The number of aromatic nitrogens is 1. The number of likely N-dealkylation sites (tertiary alicyclic amines) is 1. The van der Waals surface area contributed by atoms with Crippen LogP contribution in [0.15, 0.2) is 35.5 Å². The third-order valence-corrected chi connectivity index (χ3v) is 8.02. The highest BCUT2D eigenvalue weighted by Gasteiger charge is 2.48. The van der Waals surface area contributed by atoms with Crippen molar-refractivity contribution in [1.29, 1.82) is 0 Å². The summed E-state index contributed by atoms with van der Waals surface area (Å²) >= 11 is 0. The molecule has 1 aromatic carbocycles. The van der Waals surface area contributed by atoms with Crippen molar-refractivity contribution >= 4 is 5.71 Å². The van der Waals surface area contributed by atoms with Gasteiger partial charge in [0.25, 0.3) is 0 Å². The van der Waals surface area contributed by atoms with Crippen molar-refractivity contribution in [3.8, 4) is 0 Å². The average Bonchev–Trinajstić information content (AvgIpc) is 3.61. The number of aliphatic hydroxyl groups is 1. The molecule has 1 N–H and O–H groups in total. The predicted molar refractivity (Wildman–Crippen MR) is 138 cm³/mol. The molecule has 1 saturated carbocycles. The first kappa shape index (κ1) is 27.1. The second-order valence-electron chi connectivity index (χ2n) is 10.8. The summed E-state index contributed by atoms with van der Waals surface area (Å²) in [6, 6.07) is 8.52. The lowest BCUT2D eigenvalue weighted by Crippen LogP contribution is -2.49. The first-order valence-electron chi connectivity index (χ1n) is 13.6. The van der Waals surface area contributed by atoms with Crippen molar-refractivity contribution in [3.05, 3.63) is 64.0 Å². The molecule has 1 aliphatic carbocycles. The number of aliphatic hydroxyl groups excluding tert-OH is 1. The van der Waals surface area contributed by atoms with Crippen LogP contribution in [0.2, 0.25) is 0 Å². The minimum atomic E-state index is -4.39. The smallest absolute Gasteiger partial charge is 0.391 e. The molecule has 2 saturated heterocycles. The van der Waals surface area contributed by atoms with Crippen LogP contribution >= 0.6 is 0 Å². The number of nitrogens with zero attached hydrogens (tertiary/aromatic N) is 3. The van der Waals surface area contributed by atoms with Crippen LogP contribution < -0.4 is 0 Å². The molecular weight excluding hydrogens is 495 g/mol. The maximum absolute atomic E-state index is 13.8. The Bertz CT molecular complexity index is 1160. The van der Waals surface area contributed by atoms with Gasteiger partial charge in [-0.3, -0.25) is 9.88 Å². The first-order valence-corrected chi connectivity index (χ1v) is 13.6. The topological polar surface area (TPSA) is 70.5 Å². The summed E-state index contributed by atoms with van der Waals surface area (Å²) in [5.41, 5.74) is 3.70. The molecule has 0 radical (unpaired) electrons. The Morgan fingerprint density at radius 1 is 1.16 bits per heavy atom. The summed E-state index contributed by atoms with van der Waals surface area (Å²) in [6.07, 6.45) is 0.458. The summed E-state index contributed by atoms with van der Waals surface area (Å²) in [5, 5.41) is 13.6. The van der Waals surface area contributed by atoms with Crippen molar-refractivity contribution in [2.24, 2.45) is 11.1 Å². The van der Waals surface area contributed by atoms with Gasteiger partial charge in [-0.1, -0.05) is 49.5 Å². The Labute approximate surface area is 221 Å². The number of pyridine rings is 1. The fourth-order valence-corrected chi connectivity index (χ4v) is 5.79. The molecule has 5 rings (SSSR count). The lowest BCUT2D eigenvalue weighted by atomic mass is 9.81. The van der Waals surface area contributed by atoms with Gasteiger partial charge in [0, 0.05) is 31.2 Å². The highest BCUT2D eigenvalue weighted by molar-refractivity contribution is 5.96. The predicted octanol–water partition coefficient (Wildman–Crippen LogP) is 5.80. The molecule has 0 spiro atoms. The maximum Gasteiger partial charge on any atom is 0.416 e. The van der Waals surface area contributed by atoms with Crippen LogP contribution in [0.5, 0.6) is 0 Å².